The molecular weight excluding hydrogens is 232 g/mol. The fraction of sp³-hybridized carbons (Fsp3) is 0.462. The van der Waals surface area contributed by atoms with E-state index in [1.807, 2.05) is 24.3 Å². The van der Waals surface area contributed by atoms with Crippen LogP contribution >= 0.6 is 0 Å². The van der Waals surface area contributed by atoms with E-state index in [0.29, 0.717) is 12.3 Å². The lowest BCUT2D eigenvalue weighted by atomic mass is 10.3. The Morgan fingerprint density at radius 2 is 2.11 bits per heavy atom. The molecule has 0 radical (unpaired) electrons. The lowest BCUT2D eigenvalue weighted by Crippen LogP contribution is -3.15. The lowest BCUT2D eigenvalue weighted by molar-refractivity contribution is -0.899. The Labute approximate surface area is 107 Å². The fourth-order valence-electron chi connectivity index (χ4n) is 2.01. The number of morpholine rings is 1. The summed E-state index contributed by atoms with van der Waals surface area (Å²) in [6.45, 7) is 3.72. The highest BCUT2D eigenvalue weighted by Crippen LogP contribution is 2.22. The summed E-state index contributed by atoms with van der Waals surface area (Å²) in [6, 6.07) is 7.42. The number of hydrogen-bond donors (Lipinski definition) is 2. The number of carbonyl (C=O) groups excluding carboxylic acids is 1. The van der Waals surface area contributed by atoms with Crippen LogP contribution in [-0.4, -0.2) is 45.9 Å². The molecule has 1 heterocycles. The van der Waals surface area contributed by atoms with Gasteiger partial charge < -0.3 is 19.7 Å². The van der Waals surface area contributed by atoms with Crippen LogP contribution in [-0.2, 0) is 9.53 Å². The summed E-state index contributed by atoms with van der Waals surface area (Å²) in [6.07, 6.45) is 0. The van der Waals surface area contributed by atoms with Gasteiger partial charge in [0.25, 0.3) is 5.91 Å². The van der Waals surface area contributed by atoms with Gasteiger partial charge in [0, 0.05) is 0 Å². The van der Waals surface area contributed by atoms with Crippen molar-refractivity contribution >= 4 is 11.6 Å². The van der Waals surface area contributed by atoms with Gasteiger partial charge in [0.15, 0.2) is 6.54 Å². The van der Waals surface area contributed by atoms with Crippen molar-refractivity contribution in [3.63, 3.8) is 0 Å². The van der Waals surface area contributed by atoms with E-state index in [1.165, 1.54) is 4.90 Å². The normalized spacial score (nSPS) is 16.3. The van der Waals surface area contributed by atoms with Crippen molar-refractivity contribution in [1.82, 2.24) is 0 Å². The highest BCUT2D eigenvalue weighted by molar-refractivity contribution is 5.92. The lowest BCUT2D eigenvalue weighted by Gasteiger charge is -2.23. The summed E-state index contributed by atoms with van der Waals surface area (Å²) in [5.74, 6) is 0.694. The van der Waals surface area contributed by atoms with Gasteiger partial charge in [0.05, 0.1) is 26.0 Å². The third-order valence-electron chi connectivity index (χ3n) is 2.99. The van der Waals surface area contributed by atoms with E-state index in [0.717, 1.165) is 32.0 Å². The largest absolute Gasteiger partial charge is 0.495 e. The molecule has 0 spiro atoms. The van der Waals surface area contributed by atoms with Crippen LogP contribution in [0.25, 0.3) is 0 Å². The van der Waals surface area contributed by atoms with Crippen LogP contribution in [0.3, 0.4) is 0 Å². The zero-order chi connectivity index (χ0) is 12.8. The second-order valence-electron chi connectivity index (χ2n) is 4.29. The molecule has 0 aromatic heterocycles. The number of anilines is 1. The van der Waals surface area contributed by atoms with Crippen molar-refractivity contribution in [3.05, 3.63) is 24.3 Å². The third kappa shape index (κ3) is 3.45. The maximum Gasteiger partial charge on any atom is 0.279 e. The Morgan fingerprint density at radius 1 is 1.39 bits per heavy atom. The molecule has 1 aromatic carbocycles. The number of benzene rings is 1. The van der Waals surface area contributed by atoms with Crippen LogP contribution in [0.5, 0.6) is 5.75 Å². The van der Waals surface area contributed by atoms with Crippen LogP contribution in [0.15, 0.2) is 24.3 Å². The monoisotopic (exact) mass is 251 g/mol. The number of amides is 1. The summed E-state index contributed by atoms with van der Waals surface area (Å²) in [5, 5.41) is 2.88. The molecule has 1 aromatic rings. The maximum absolute atomic E-state index is 11.9. The van der Waals surface area contributed by atoms with Crippen molar-refractivity contribution in [1.29, 1.82) is 0 Å². The number of quaternary nitrogens is 1. The van der Waals surface area contributed by atoms with Gasteiger partial charge in [-0.3, -0.25) is 4.79 Å². The molecule has 1 amide bonds. The molecular formula is C13H19N2O3+. The molecule has 5 nitrogen and oxygen atoms in total. The zero-order valence-electron chi connectivity index (χ0n) is 10.6. The first kappa shape index (κ1) is 12.9. The predicted molar refractivity (Wildman–Crippen MR) is 68.0 cm³/mol. The molecule has 0 bridgehead atoms. The molecule has 0 unspecified atom stereocenters. The van der Waals surface area contributed by atoms with Crippen molar-refractivity contribution in [2.24, 2.45) is 0 Å². The summed E-state index contributed by atoms with van der Waals surface area (Å²) >= 11 is 0. The van der Waals surface area contributed by atoms with Gasteiger partial charge in [-0.05, 0) is 12.1 Å². The number of ether oxygens (including phenoxy) is 2. The molecule has 1 aliphatic heterocycles. The molecule has 5 heteroatoms. The van der Waals surface area contributed by atoms with Gasteiger partial charge in [-0.2, -0.15) is 0 Å². The number of para-hydroxylation sites is 2. The van der Waals surface area contributed by atoms with Crippen LogP contribution in [0, 0.1) is 0 Å². The number of nitrogens with one attached hydrogen (secondary N) is 2. The fourth-order valence-corrected chi connectivity index (χ4v) is 2.01. The topological polar surface area (TPSA) is 52.0 Å². The molecule has 0 saturated carbocycles. The summed E-state index contributed by atoms with van der Waals surface area (Å²) in [7, 11) is 1.60. The summed E-state index contributed by atoms with van der Waals surface area (Å²) in [5.41, 5.74) is 0.720. The van der Waals surface area contributed by atoms with Crippen molar-refractivity contribution in [2.45, 2.75) is 0 Å². The molecule has 1 saturated heterocycles. The van der Waals surface area contributed by atoms with E-state index in [-0.39, 0.29) is 5.91 Å². The number of carbonyl (C=O) groups is 1. The van der Waals surface area contributed by atoms with Crippen LogP contribution in [0.4, 0.5) is 5.69 Å². The minimum atomic E-state index is 0.0106. The van der Waals surface area contributed by atoms with Gasteiger partial charge >= 0.3 is 0 Å². The van der Waals surface area contributed by atoms with E-state index < -0.39 is 0 Å². The molecule has 0 aliphatic carbocycles. The highest BCUT2D eigenvalue weighted by Gasteiger charge is 2.18. The number of methoxy groups -OCH3 is 1. The molecule has 98 valence electrons. The first-order valence-corrected chi connectivity index (χ1v) is 6.14. The highest BCUT2D eigenvalue weighted by atomic mass is 16.5. The molecule has 18 heavy (non-hydrogen) atoms. The van der Waals surface area contributed by atoms with Crippen molar-refractivity contribution < 1.29 is 19.2 Å². The van der Waals surface area contributed by atoms with Gasteiger partial charge in [0.2, 0.25) is 0 Å². The van der Waals surface area contributed by atoms with Crippen LogP contribution in [0.2, 0.25) is 0 Å². The maximum atomic E-state index is 11.9. The Morgan fingerprint density at radius 3 is 2.83 bits per heavy atom. The van der Waals surface area contributed by atoms with Gasteiger partial charge in [-0.25, -0.2) is 0 Å². The summed E-state index contributed by atoms with van der Waals surface area (Å²) < 4.78 is 10.5. The molecule has 2 N–H and O–H groups in total. The molecule has 2 rings (SSSR count). The standard InChI is InChI=1S/C13H18N2O3/c1-17-12-5-3-2-4-11(12)14-13(16)10-15-6-8-18-9-7-15/h2-5H,6-10H2,1H3,(H,14,16)/p+1. The van der Waals surface area contributed by atoms with E-state index in [2.05, 4.69) is 5.32 Å². The number of rotatable bonds is 4. The first-order valence-electron chi connectivity index (χ1n) is 6.14. The van der Waals surface area contributed by atoms with E-state index >= 15 is 0 Å². The smallest absolute Gasteiger partial charge is 0.279 e. The van der Waals surface area contributed by atoms with Gasteiger partial charge in [-0.1, -0.05) is 12.1 Å². The van der Waals surface area contributed by atoms with Crippen molar-refractivity contribution in [2.75, 3.05) is 45.3 Å². The first-order chi connectivity index (χ1) is 8.79. The molecule has 0 atom stereocenters. The van der Waals surface area contributed by atoms with Gasteiger partial charge in [-0.15, -0.1) is 0 Å². The Bertz CT molecular complexity index is 403. The van der Waals surface area contributed by atoms with Crippen LogP contribution < -0.4 is 15.0 Å². The SMILES string of the molecule is COc1ccccc1NC(=O)C[NH+]1CCOCC1. The Kier molecular flexibility index (Phi) is 4.55. The summed E-state index contributed by atoms with van der Waals surface area (Å²) in [4.78, 5) is 13.2. The average Bonchev–Trinajstić information content (AvgIpc) is 2.40. The van der Waals surface area contributed by atoms with E-state index in [4.69, 9.17) is 9.47 Å². The van der Waals surface area contributed by atoms with E-state index in [9.17, 15) is 4.79 Å². The predicted octanol–water partition coefficient (Wildman–Crippen LogP) is -0.451. The van der Waals surface area contributed by atoms with Crippen LogP contribution in [0.1, 0.15) is 0 Å². The average molecular weight is 251 g/mol. The second kappa shape index (κ2) is 6.37. The second-order valence-corrected chi connectivity index (χ2v) is 4.29. The third-order valence-corrected chi connectivity index (χ3v) is 2.99. The van der Waals surface area contributed by atoms with E-state index in [1.54, 1.807) is 7.11 Å². The molecule has 1 fully saturated rings. The Balaban J connectivity index is 1.90. The minimum absolute atomic E-state index is 0.0106. The molecule has 1 aliphatic rings. The quantitative estimate of drug-likeness (QED) is 0.762. The van der Waals surface area contributed by atoms with Gasteiger partial charge in [0.1, 0.15) is 18.8 Å². The van der Waals surface area contributed by atoms with Crippen molar-refractivity contribution in [3.8, 4) is 5.75 Å². The minimum Gasteiger partial charge on any atom is -0.495 e. The number of hydrogen-bond acceptors (Lipinski definition) is 3. The zero-order valence-corrected chi connectivity index (χ0v) is 10.6. The Hall–Kier alpha value is -1.59.